The van der Waals surface area contributed by atoms with Crippen molar-refractivity contribution in [1.29, 1.82) is 21.2 Å². The van der Waals surface area contributed by atoms with Crippen LogP contribution in [0.2, 0.25) is 5.02 Å². The average Bonchev–Trinajstić information content (AvgIpc) is 3.01. The van der Waals surface area contributed by atoms with Gasteiger partial charge in [-0.3, -0.25) is 15.5 Å². The molecule has 10 nitrogen and oxygen atoms in total. The van der Waals surface area contributed by atoms with Crippen molar-refractivity contribution in [3.05, 3.63) is 68.7 Å². The van der Waals surface area contributed by atoms with Crippen LogP contribution in [0.5, 0.6) is 5.75 Å². The molecule has 170 valence electrons. The van der Waals surface area contributed by atoms with E-state index in [9.17, 15) is 25.9 Å². The van der Waals surface area contributed by atoms with Gasteiger partial charge in [-0.2, -0.15) is 15.8 Å². The maximum Gasteiger partial charge on any atom is 0.288 e. The molecule has 4 unspecified atom stereocenters. The third-order valence-electron chi connectivity index (χ3n) is 6.44. The van der Waals surface area contributed by atoms with Crippen LogP contribution < -0.4 is 4.74 Å². The number of ether oxygens (including phenoxy) is 3. The van der Waals surface area contributed by atoms with Crippen LogP contribution >= 0.6 is 11.6 Å². The Morgan fingerprint density at radius 2 is 1.74 bits per heavy atom. The van der Waals surface area contributed by atoms with Gasteiger partial charge in [0, 0.05) is 13.0 Å². The summed E-state index contributed by atoms with van der Waals surface area (Å²) in [6.45, 7) is 1.51. The molecule has 2 bridgehead atoms. The van der Waals surface area contributed by atoms with Crippen molar-refractivity contribution in [3.8, 4) is 24.0 Å². The zero-order valence-corrected chi connectivity index (χ0v) is 18.7. The number of hydrogen-bond donors (Lipinski definition) is 1. The first-order valence-corrected chi connectivity index (χ1v) is 10.3. The number of hydrogen-bond acceptors (Lipinski definition) is 9. The Morgan fingerprint density at radius 3 is 2.26 bits per heavy atom. The summed E-state index contributed by atoms with van der Waals surface area (Å²) in [6, 6.07) is 16.2. The van der Waals surface area contributed by atoms with E-state index in [0.29, 0.717) is 11.3 Å². The van der Waals surface area contributed by atoms with E-state index in [2.05, 4.69) is 0 Å². The van der Waals surface area contributed by atoms with Crippen LogP contribution in [-0.4, -0.2) is 23.7 Å². The summed E-state index contributed by atoms with van der Waals surface area (Å²) in [5, 5.41) is 51.0. The van der Waals surface area contributed by atoms with Crippen LogP contribution in [0.1, 0.15) is 30.1 Å². The predicted octanol–water partition coefficient (Wildman–Crippen LogP) is 4.38. The summed E-state index contributed by atoms with van der Waals surface area (Å²) in [5.74, 6) is -2.73. The Kier molecular flexibility index (Phi) is 5.21. The lowest BCUT2D eigenvalue weighted by molar-refractivity contribution is -0.384. The Bertz CT molecular complexity index is 1330. The molecule has 0 spiro atoms. The molecule has 34 heavy (non-hydrogen) atoms. The maximum absolute atomic E-state index is 11.5. The number of nitriles is 3. The fourth-order valence-electron chi connectivity index (χ4n) is 4.92. The monoisotopic (exact) mass is 477 g/mol. The highest BCUT2D eigenvalue weighted by Gasteiger charge is 2.79. The van der Waals surface area contributed by atoms with Gasteiger partial charge in [-0.15, -0.1) is 0 Å². The number of halogens is 1. The largest absolute Gasteiger partial charge is 0.497 e. The van der Waals surface area contributed by atoms with Crippen molar-refractivity contribution in [2.75, 3.05) is 7.11 Å². The fraction of sp³-hybridized carbons (Fsp3) is 0.304. The topological polar surface area (TPSA) is 166 Å². The molecule has 2 saturated heterocycles. The molecule has 2 aliphatic heterocycles. The highest BCUT2D eigenvalue weighted by Crippen LogP contribution is 2.69. The second-order valence-corrected chi connectivity index (χ2v) is 8.48. The second-order valence-electron chi connectivity index (χ2n) is 8.07. The number of nitro groups is 1. The molecular formula is C23H16ClN5O5. The van der Waals surface area contributed by atoms with Gasteiger partial charge >= 0.3 is 0 Å². The second kappa shape index (κ2) is 7.71. The number of rotatable bonds is 4. The zero-order valence-electron chi connectivity index (χ0n) is 17.9. The maximum atomic E-state index is 11.5. The van der Waals surface area contributed by atoms with Gasteiger partial charge in [0.1, 0.15) is 16.9 Å². The van der Waals surface area contributed by atoms with Crippen LogP contribution in [0.15, 0.2) is 42.5 Å². The first kappa shape index (κ1) is 23.0. The lowest BCUT2D eigenvalue weighted by Gasteiger charge is -2.48. The van der Waals surface area contributed by atoms with E-state index in [4.69, 9.17) is 31.2 Å². The van der Waals surface area contributed by atoms with E-state index in [1.54, 1.807) is 24.3 Å². The number of nitrogens with zero attached hydrogens (tertiary/aromatic N) is 4. The summed E-state index contributed by atoms with van der Waals surface area (Å²) in [6.07, 6.45) is -1.46. The van der Waals surface area contributed by atoms with Crippen LogP contribution in [0.25, 0.3) is 0 Å². The van der Waals surface area contributed by atoms with E-state index < -0.39 is 45.1 Å². The van der Waals surface area contributed by atoms with Crippen molar-refractivity contribution in [3.63, 3.8) is 0 Å². The van der Waals surface area contributed by atoms with Crippen LogP contribution in [-0.2, 0) is 9.47 Å². The molecule has 0 aromatic heterocycles. The number of nitro benzene ring substituents is 1. The van der Waals surface area contributed by atoms with Crippen LogP contribution in [0.4, 0.5) is 5.69 Å². The van der Waals surface area contributed by atoms with Crippen LogP contribution in [0.3, 0.4) is 0 Å². The van der Waals surface area contributed by atoms with Gasteiger partial charge in [0.05, 0.1) is 36.2 Å². The minimum Gasteiger partial charge on any atom is -0.497 e. The highest BCUT2D eigenvalue weighted by molar-refractivity contribution is 6.32. The SMILES string of the molecule is COc1ccc(C2C3(C)OC(=N)C2(C#N)C(C#N)(C#N)C(c2ccc(Cl)c([N+](=O)[O-])c2)O3)cc1. The summed E-state index contributed by atoms with van der Waals surface area (Å²) < 4.78 is 17.1. The minimum atomic E-state index is -2.29. The molecule has 4 rings (SSSR count). The van der Waals surface area contributed by atoms with Crippen molar-refractivity contribution in [1.82, 2.24) is 0 Å². The molecule has 2 aromatic carbocycles. The van der Waals surface area contributed by atoms with Crippen molar-refractivity contribution < 1.29 is 19.1 Å². The Labute approximate surface area is 199 Å². The fourth-order valence-corrected chi connectivity index (χ4v) is 5.10. The lowest BCUT2D eigenvalue weighted by atomic mass is 9.52. The summed E-state index contributed by atoms with van der Waals surface area (Å²) in [5.41, 5.74) is -4.26. The number of benzene rings is 2. The van der Waals surface area contributed by atoms with Gasteiger partial charge in [0.15, 0.2) is 5.41 Å². The van der Waals surface area contributed by atoms with Crippen molar-refractivity contribution in [2.24, 2.45) is 10.8 Å². The summed E-state index contributed by atoms with van der Waals surface area (Å²) in [4.78, 5) is 10.7. The van der Waals surface area contributed by atoms with Gasteiger partial charge in [0.2, 0.25) is 17.1 Å². The van der Waals surface area contributed by atoms with E-state index in [1.165, 1.54) is 26.2 Å². The number of fused-ring (bicyclic) bond motifs is 2. The molecule has 0 saturated carbocycles. The highest BCUT2D eigenvalue weighted by atomic mass is 35.5. The Balaban J connectivity index is 2.00. The molecule has 0 radical (unpaired) electrons. The molecular weight excluding hydrogens is 462 g/mol. The zero-order chi connectivity index (χ0) is 24.9. The molecule has 2 aromatic rings. The van der Waals surface area contributed by atoms with E-state index >= 15 is 0 Å². The molecule has 0 amide bonds. The van der Waals surface area contributed by atoms with E-state index in [-0.39, 0.29) is 10.6 Å². The van der Waals surface area contributed by atoms with Gasteiger partial charge in [-0.05, 0) is 29.3 Å². The van der Waals surface area contributed by atoms with Crippen molar-refractivity contribution in [2.45, 2.75) is 24.7 Å². The number of nitrogens with one attached hydrogen (secondary N) is 1. The average molecular weight is 478 g/mol. The number of methoxy groups -OCH3 is 1. The van der Waals surface area contributed by atoms with Gasteiger partial charge in [-0.1, -0.05) is 29.8 Å². The van der Waals surface area contributed by atoms with Gasteiger partial charge in [0.25, 0.3) is 5.69 Å². The van der Waals surface area contributed by atoms with Gasteiger partial charge in [-0.25, -0.2) is 0 Å². The molecule has 2 fully saturated rings. The first-order chi connectivity index (χ1) is 16.1. The van der Waals surface area contributed by atoms with Crippen LogP contribution in [0, 0.1) is 60.3 Å². The molecule has 4 atom stereocenters. The smallest absolute Gasteiger partial charge is 0.288 e. The van der Waals surface area contributed by atoms with E-state index in [0.717, 1.165) is 6.07 Å². The third-order valence-corrected chi connectivity index (χ3v) is 6.75. The molecule has 2 heterocycles. The molecule has 11 heteroatoms. The standard InChI is InChI=1S/C23H16ClN5O5/c1-21-18(13-3-6-15(32-2)7-4-13)23(12-27,20(28)34-21)22(10-25,11-26)19(33-21)14-5-8-16(24)17(9-14)29(30)31/h3-9,18-19,28H,1-2H3. The Hall–Kier alpha value is -4.17. The lowest BCUT2D eigenvalue weighted by Crippen LogP contribution is -2.57. The Morgan fingerprint density at radius 1 is 1.12 bits per heavy atom. The van der Waals surface area contributed by atoms with Crippen molar-refractivity contribution >= 4 is 23.2 Å². The van der Waals surface area contributed by atoms with Gasteiger partial charge < -0.3 is 14.2 Å². The quantitative estimate of drug-likeness (QED) is 0.500. The summed E-state index contributed by atoms with van der Waals surface area (Å²) >= 11 is 5.94. The third kappa shape index (κ3) is 2.78. The normalized spacial score (nSPS) is 28.6. The first-order valence-electron chi connectivity index (χ1n) is 9.91. The molecule has 1 N–H and O–H groups in total. The summed E-state index contributed by atoms with van der Waals surface area (Å²) in [7, 11) is 1.49. The predicted molar refractivity (Wildman–Crippen MR) is 117 cm³/mol. The molecule has 2 aliphatic rings. The minimum absolute atomic E-state index is 0.0801. The van der Waals surface area contributed by atoms with E-state index in [1.807, 2.05) is 18.2 Å². The molecule has 0 aliphatic carbocycles.